The van der Waals surface area contributed by atoms with Gasteiger partial charge in [-0.3, -0.25) is 4.79 Å². The van der Waals surface area contributed by atoms with Crippen molar-refractivity contribution in [3.05, 3.63) is 34.8 Å². The second-order valence-corrected chi connectivity index (χ2v) is 4.35. The summed E-state index contributed by atoms with van der Waals surface area (Å²) < 4.78 is 31.3. The van der Waals surface area contributed by atoms with E-state index < -0.39 is 5.54 Å². The van der Waals surface area contributed by atoms with Gasteiger partial charge in [-0.1, -0.05) is 36.1 Å². The van der Waals surface area contributed by atoms with Crippen LogP contribution in [0.1, 0.15) is 36.7 Å². The van der Waals surface area contributed by atoms with E-state index in [9.17, 15) is 4.79 Å². The van der Waals surface area contributed by atoms with Crippen LogP contribution >= 0.6 is 11.6 Å². The van der Waals surface area contributed by atoms with Crippen molar-refractivity contribution in [3.8, 4) is 0 Å². The van der Waals surface area contributed by atoms with Gasteiger partial charge in [0.2, 0.25) is 0 Å². The third-order valence-electron chi connectivity index (χ3n) is 3.18. The fraction of sp³-hybridized carbons (Fsp3) is 0.462. The fourth-order valence-electron chi connectivity index (χ4n) is 2.27. The lowest BCUT2D eigenvalue weighted by Gasteiger charge is -2.36. The van der Waals surface area contributed by atoms with Crippen molar-refractivity contribution in [2.75, 3.05) is 7.05 Å². The van der Waals surface area contributed by atoms with E-state index in [1.54, 1.807) is 7.05 Å². The van der Waals surface area contributed by atoms with Crippen LogP contribution in [0.4, 0.5) is 0 Å². The van der Waals surface area contributed by atoms with Gasteiger partial charge in [0.25, 0.3) is 0 Å². The molecule has 1 aromatic carbocycles. The lowest BCUT2D eigenvalue weighted by Crippen LogP contribution is -2.49. The minimum absolute atomic E-state index is 0.0689. The second kappa shape index (κ2) is 4.56. The Kier molecular flexibility index (Phi) is 2.13. The molecule has 16 heavy (non-hydrogen) atoms. The van der Waals surface area contributed by atoms with Crippen LogP contribution in [0.3, 0.4) is 0 Å². The Balaban J connectivity index is 2.76. The first-order valence-corrected chi connectivity index (χ1v) is 5.73. The van der Waals surface area contributed by atoms with E-state index in [0.29, 0.717) is 12.8 Å². The fourth-order valence-corrected chi connectivity index (χ4v) is 2.53. The van der Waals surface area contributed by atoms with Gasteiger partial charge < -0.3 is 5.32 Å². The summed E-state index contributed by atoms with van der Waals surface area (Å²) in [7, 11) is 1.63. The van der Waals surface area contributed by atoms with E-state index in [0.717, 1.165) is 12.8 Å². The quantitative estimate of drug-likeness (QED) is 0.863. The number of hydrogen-bond donors (Lipinski definition) is 1. The van der Waals surface area contributed by atoms with E-state index >= 15 is 0 Å². The minimum atomic E-state index is -1.11. The molecule has 1 aliphatic carbocycles. The van der Waals surface area contributed by atoms with E-state index in [1.807, 2.05) is 0 Å². The number of ketones is 1. The number of carbonyl (C=O) groups is 1. The average Bonchev–Trinajstić information content (AvgIpc) is 2.45. The number of benzene rings is 1. The molecule has 2 rings (SSSR count). The van der Waals surface area contributed by atoms with Gasteiger partial charge in [-0.15, -0.1) is 0 Å². The van der Waals surface area contributed by atoms with Crippen molar-refractivity contribution in [1.29, 1.82) is 0 Å². The van der Waals surface area contributed by atoms with Gasteiger partial charge in [0, 0.05) is 11.4 Å². The number of carbonyl (C=O) groups excluding carboxylic acids is 1. The molecule has 0 aromatic heterocycles. The normalized spacial score (nSPS) is 29.2. The van der Waals surface area contributed by atoms with Crippen molar-refractivity contribution >= 4 is 17.4 Å². The monoisotopic (exact) mass is 241 g/mol. The minimum Gasteiger partial charge on any atom is -0.304 e. The first-order chi connectivity index (χ1) is 9.36. The number of likely N-dealkylation sites (N-methyl/N-ethyl adjacent to an activating group) is 1. The van der Waals surface area contributed by atoms with E-state index in [4.69, 9.17) is 17.1 Å². The van der Waals surface area contributed by atoms with E-state index in [1.165, 1.54) is 0 Å². The largest absolute Gasteiger partial charge is 0.304 e. The maximum Gasteiger partial charge on any atom is 0.157 e. The molecular weight excluding hydrogens is 222 g/mol. The third-order valence-corrected chi connectivity index (χ3v) is 3.46. The molecule has 0 aliphatic heterocycles. The summed E-state index contributed by atoms with van der Waals surface area (Å²) in [6, 6.07) is -1.27. The molecule has 0 heterocycles. The third kappa shape index (κ3) is 1.76. The predicted octanol–water partition coefficient (Wildman–Crippen LogP) is 2.90. The molecule has 1 N–H and O–H groups in total. The van der Waals surface area contributed by atoms with Crippen LogP contribution < -0.4 is 5.32 Å². The molecular formula is C13H16ClNO. The Morgan fingerprint density at radius 2 is 2.19 bits per heavy atom. The summed E-state index contributed by atoms with van der Waals surface area (Å²) >= 11 is 6.14. The molecule has 0 amide bonds. The molecule has 0 bridgehead atoms. The summed E-state index contributed by atoms with van der Waals surface area (Å²) in [5.74, 6) is -0.0711. The zero-order chi connectivity index (χ0) is 15.1. The molecule has 1 fully saturated rings. The molecule has 0 spiro atoms. The first kappa shape index (κ1) is 7.46. The maximum absolute atomic E-state index is 12.4. The molecule has 1 atom stereocenters. The standard InChI is InChI=1S/C13H16ClNO/c1-15-13(9-5-4-8-12(13)16)10-6-2-3-7-11(10)14/h2-3,6-7,15H,4-5,8-9H2,1H3/i2D,3D,6D,7D. The van der Waals surface area contributed by atoms with Crippen molar-refractivity contribution < 1.29 is 10.3 Å². The first-order valence-electron chi connectivity index (χ1n) is 7.35. The van der Waals surface area contributed by atoms with Gasteiger partial charge in [0.1, 0.15) is 5.54 Å². The van der Waals surface area contributed by atoms with Gasteiger partial charge in [-0.2, -0.15) is 0 Å². The summed E-state index contributed by atoms with van der Waals surface area (Å²) in [6.07, 6.45) is 2.49. The van der Waals surface area contributed by atoms with Crippen molar-refractivity contribution in [3.63, 3.8) is 0 Å². The maximum atomic E-state index is 12.4. The molecule has 1 unspecified atom stereocenters. The highest BCUT2D eigenvalue weighted by atomic mass is 35.5. The van der Waals surface area contributed by atoms with Gasteiger partial charge >= 0.3 is 0 Å². The smallest absolute Gasteiger partial charge is 0.157 e. The number of hydrogen-bond acceptors (Lipinski definition) is 2. The van der Waals surface area contributed by atoms with Crippen LogP contribution in [0.25, 0.3) is 0 Å². The molecule has 2 nitrogen and oxygen atoms in total. The predicted molar refractivity (Wildman–Crippen MR) is 65.7 cm³/mol. The number of nitrogens with one attached hydrogen (secondary N) is 1. The molecule has 86 valence electrons. The lowest BCUT2D eigenvalue weighted by molar-refractivity contribution is -0.127. The van der Waals surface area contributed by atoms with Crippen LogP contribution in [-0.2, 0) is 10.3 Å². The lowest BCUT2D eigenvalue weighted by atomic mass is 9.75. The van der Waals surface area contributed by atoms with E-state index in [2.05, 4.69) is 5.32 Å². The second-order valence-electron chi connectivity index (χ2n) is 3.97. The zero-order valence-electron chi connectivity index (χ0n) is 13.1. The van der Waals surface area contributed by atoms with Crippen LogP contribution in [-0.4, -0.2) is 12.8 Å². The highest BCUT2D eigenvalue weighted by Crippen LogP contribution is 2.37. The van der Waals surface area contributed by atoms with Gasteiger partial charge in [0.15, 0.2) is 5.78 Å². The van der Waals surface area contributed by atoms with Crippen molar-refractivity contribution in [2.24, 2.45) is 0 Å². The van der Waals surface area contributed by atoms with E-state index in [-0.39, 0.29) is 40.5 Å². The van der Waals surface area contributed by atoms with Gasteiger partial charge in [-0.05, 0) is 31.5 Å². The highest BCUT2D eigenvalue weighted by Gasteiger charge is 2.40. The summed E-state index contributed by atoms with van der Waals surface area (Å²) in [5.41, 5.74) is -0.927. The highest BCUT2D eigenvalue weighted by molar-refractivity contribution is 6.31. The molecule has 1 aliphatic rings. The summed E-state index contributed by atoms with van der Waals surface area (Å²) in [5, 5.41) is 2.89. The van der Waals surface area contributed by atoms with Crippen LogP contribution in [0.5, 0.6) is 0 Å². The zero-order valence-corrected chi connectivity index (χ0v) is 9.87. The molecule has 1 saturated carbocycles. The van der Waals surface area contributed by atoms with Gasteiger partial charge in [-0.25, -0.2) is 0 Å². The molecule has 0 radical (unpaired) electrons. The Labute approximate surface area is 107 Å². The van der Waals surface area contributed by atoms with Crippen LogP contribution in [0, 0.1) is 0 Å². The number of Topliss-reactive ketones (excluding diaryl/α,β-unsaturated/α-hetero) is 1. The molecule has 1 aromatic rings. The molecule has 3 heteroatoms. The summed E-state index contributed by atoms with van der Waals surface area (Å²) in [6.45, 7) is 0. The Morgan fingerprint density at radius 1 is 1.44 bits per heavy atom. The molecule has 0 saturated heterocycles. The average molecular weight is 242 g/mol. The van der Waals surface area contributed by atoms with Crippen LogP contribution in [0.2, 0.25) is 5.02 Å². The Morgan fingerprint density at radius 3 is 2.88 bits per heavy atom. The summed E-state index contributed by atoms with van der Waals surface area (Å²) in [4.78, 5) is 12.4. The Hall–Kier alpha value is -0.860. The van der Waals surface area contributed by atoms with Crippen molar-refractivity contribution in [1.82, 2.24) is 5.32 Å². The topological polar surface area (TPSA) is 29.1 Å². The van der Waals surface area contributed by atoms with Gasteiger partial charge in [0.05, 0.1) is 5.48 Å². The number of halogens is 1. The number of rotatable bonds is 2. The van der Waals surface area contributed by atoms with Crippen molar-refractivity contribution in [2.45, 2.75) is 31.2 Å². The Bertz CT molecular complexity index is 549. The SMILES string of the molecule is [2H]c1c([2H])c([2H])c(C2(NC)CCCCC2=O)c(Cl)c1[2H]. The van der Waals surface area contributed by atoms with Crippen LogP contribution in [0.15, 0.2) is 24.2 Å².